The first-order valence-electron chi connectivity index (χ1n) is 10.7. The summed E-state index contributed by atoms with van der Waals surface area (Å²) in [5.74, 6) is -2.08. The molecule has 174 valence electrons. The maximum absolute atomic E-state index is 14.1. The normalized spacial score (nSPS) is 22.9. The van der Waals surface area contributed by atoms with E-state index in [1.165, 1.54) is 4.31 Å². The smallest absolute Gasteiger partial charge is 0.252 e. The molecule has 12 heteroatoms. The Kier molecular flexibility index (Phi) is 6.61. The van der Waals surface area contributed by atoms with Crippen LogP contribution in [-0.2, 0) is 27.6 Å². The Morgan fingerprint density at radius 2 is 1.81 bits per heavy atom. The quantitative estimate of drug-likeness (QED) is 0.654. The highest BCUT2D eigenvalue weighted by atomic mass is 32.2. The van der Waals surface area contributed by atoms with Gasteiger partial charge in [0, 0.05) is 64.2 Å². The molecule has 0 saturated carbocycles. The van der Waals surface area contributed by atoms with E-state index in [1.54, 1.807) is 0 Å². The molecule has 1 N–H and O–H groups in total. The van der Waals surface area contributed by atoms with E-state index in [9.17, 15) is 17.2 Å². The highest BCUT2D eigenvalue weighted by molar-refractivity contribution is 7.89. The molecule has 1 aliphatic carbocycles. The number of aryl methyl sites for hydroxylation is 1. The van der Waals surface area contributed by atoms with Crippen LogP contribution in [0.2, 0.25) is 0 Å². The molecule has 1 aromatic heterocycles. The summed E-state index contributed by atoms with van der Waals surface area (Å²) in [7, 11) is -1.40. The third-order valence-electron chi connectivity index (χ3n) is 6.05. The zero-order valence-corrected chi connectivity index (χ0v) is 18.6. The van der Waals surface area contributed by atoms with Gasteiger partial charge in [0.05, 0.1) is 24.7 Å². The standard InChI is InChI=1S/C19H30F2N6O3S/c1-25-5-7-26(8-6-25)18-23-16-2-3-19(20,21)14-15(16)17(24-18)22-4-13-31(28,29)27-9-11-30-12-10-27/h2-14H2,1H3,(H,22,23,24). The number of ether oxygens (including phenoxy) is 1. The Hall–Kier alpha value is -1.63. The van der Waals surface area contributed by atoms with Gasteiger partial charge in [-0.3, -0.25) is 0 Å². The van der Waals surface area contributed by atoms with Gasteiger partial charge in [-0.25, -0.2) is 22.2 Å². The predicted octanol–water partition coefficient (Wildman–Crippen LogP) is 0.426. The largest absolute Gasteiger partial charge is 0.379 e. The van der Waals surface area contributed by atoms with E-state index >= 15 is 0 Å². The lowest BCUT2D eigenvalue weighted by Crippen LogP contribution is -2.45. The van der Waals surface area contributed by atoms with E-state index in [0.717, 1.165) is 26.2 Å². The topological polar surface area (TPSA) is 90.9 Å². The number of aromatic nitrogens is 2. The second kappa shape index (κ2) is 9.08. The molecule has 31 heavy (non-hydrogen) atoms. The highest BCUT2D eigenvalue weighted by Crippen LogP contribution is 2.36. The minimum absolute atomic E-state index is 0.0941. The summed E-state index contributed by atoms with van der Waals surface area (Å²) >= 11 is 0. The highest BCUT2D eigenvalue weighted by Gasteiger charge is 2.37. The molecule has 0 radical (unpaired) electrons. The average molecular weight is 461 g/mol. The molecule has 1 aromatic rings. The molecule has 4 rings (SSSR count). The van der Waals surface area contributed by atoms with Gasteiger partial charge in [0.2, 0.25) is 16.0 Å². The first-order valence-corrected chi connectivity index (χ1v) is 12.3. The molecule has 0 atom stereocenters. The maximum Gasteiger partial charge on any atom is 0.252 e. The summed E-state index contributed by atoms with van der Waals surface area (Å²) in [6.45, 7) is 4.81. The van der Waals surface area contributed by atoms with Crippen LogP contribution in [-0.4, -0.2) is 105 Å². The number of halogens is 2. The number of likely N-dealkylation sites (N-methyl/N-ethyl adjacent to an activating group) is 1. The van der Waals surface area contributed by atoms with Crippen molar-refractivity contribution in [3.63, 3.8) is 0 Å². The van der Waals surface area contributed by atoms with Crippen molar-refractivity contribution in [1.29, 1.82) is 0 Å². The third-order valence-corrected chi connectivity index (χ3v) is 7.92. The fraction of sp³-hybridized carbons (Fsp3) is 0.789. The second-order valence-electron chi connectivity index (χ2n) is 8.37. The van der Waals surface area contributed by atoms with Gasteiger partial charge < -0.3 is 19.9 Å². The van der Waals surface area contributed by atoms with Gasteiger partial charge in [-0.2, -0.15) is 9.29 Å². The van der Waals surface area contributed by atoms with E-state index in [2.05, 4.69) is 32.1 Å². The van der Waals surface area contributed by atoms with E-state index in [-0.39, 0.29) is 25.1 Å². The van der Waals surface area contributed by atoms with Crippen LogP contribution in [0.25, 0.3) is 0 Å². The molecule has 0 aromatic carbocycles. The predicted molar refractivity (Wildman–Crippen MR) is 113 cm³/mol. The van der Waals surface area contributed by atoms with Gasteiger partial charge in [0.15, 0.2) is 0 Å². The van der Waals surface area contributed by atoms with Crippen molar-refractivity contribution >= 4 is 21.8 Å². The average Bonchev–Trinajstić information content (AvgIpc) is 2.74. The van der Waals surface area contributed by atoms with Crippen LogP contribution in [0.4, 0.5) is 20.5 Å². The molecule has 3 aliphatic rings. The summed E-state index contributed by atoms with van der Waals surface area (Å²) < 4.78 is 60.0. The SMILES string of the molecule is CN1CCN(c2nc3c(c(NCCS(=O)(=O)N4CCOCC4)n2)CC(F)(F)CC3)CC1. The summed E-state index contributed by atoms with van der Waals surface area (Å²) in [6, 6.07) is 0. The van der Waals surface area contributed by atoms with Gasteiger partial charge in [0.25, 0.3) is 5.92 Å². The molecule has 2 fully saturated rings. The van der Waals surface area contributed by atoms with Crippen LogP contribution in [0.1, 0.15) is 17.7 Å². The first-order chi connectivity index (χ1) is 14.7. The summed E-state index contributed by atoms with van der Waals surface area (Å²) in [6.07, 6.45) is -0.472. The van der Waals surface area contributed by atoms with Crippen molar-refractivity contribution in [2.75, 3.05) is 82.0 Å². The van der Waals surface area contributed by atoms with E-state index in [4.69, 9.17) is 4.74 Å². The molecule has 0 spiro atoms. The molecule has 0 bridgehead atoms. The number of rotatable bonds is 6. The van der Waals surface area contributed by atoms with Crippen molar-refractivity contribution < 1.29 is 21.9 Å². The molecule has 9 nitrogen and oxygen atoms in total. The number of anilines is 2. The van der Waals surface area contributed by atoms with Crippen molar-refractivity contribution in [1.82, 2.24) is 19.2 Å². The van der Waals surface area contributed by atoms with Crippen molar-refractivity contribution in [3.8, 4) is 0 Å². The second-order valence-corrected chi connectivity index (χ2v) is 10.5. The molecule has 2 saturated heterocycles. The lowest BCUT2D eigenvalue weighted by Gasteiger charge is -2.34. The number of alkyl halides is 2. The molecule has 0 amide bonds. The van der Waals surface area contributed by atoms with Gasteiger partial charge in [-0.1, -0.05) is 0 Å². The third kappa shape index (κ3) is 5.41. The van der Waals surface area contributed by atoms with Gasteiger partial charge in [0.1, 0.15) is 5.82 Å². The summed E-state index contributed by atoms with van der Waals surface area (Å²) in [4.78, 5) is 13.4. The molecule has 3 heterocycles. The monoisotopic (exact) mass is 460 g/mol. The molecule has 0 unspecified atom stereocenters. The van der Waals surface area contributed by atoms with Crippen LogP contribution in [0.5, 0.6) is 0 Å². The van der Waals surface area contributed by atoms with E-state index in [1.807, 2.05) is 0 Å². The Morgan fingerprint density at radius 1 is 1.10 bits per heavy atom. The lowest BCUT2D eigenvalue weighted by atomic mass is 9.93. The fourth-order valence-electron chi connectivity index (χ4n) is 4.10. The zero-order chi connectivity index (χ0) is 22.1. The van der Waals surface area contributed by atoms with Crippen molar-refractivity contribution in [2.45, 2.75) is 25.2 Å². The Balaban J connectivity index is 1.51. The van der Waals surface area contributed by atoms with Crippen LogP contribution in [0.15, 0.2) is 0 Å². The minimum atomic E-state index is -3.45. The number of piperazine rings is 1. The number of hydrogen-bond acceptors (Lipinski definition) is 8. The summed E-state index contributed by atoms with van der Waals surface area (Å²) in [5, 5.41) is 3.04. The van der Waals surface area contributed by atoms with Crippen LogP contribution >= 0.6 is 0 Å². The lowest BCUT2D eigenvalue weighted by molar-refractivity contribution is -0.0127. The van der Waals surface area contributed by atoms with E-state index < -0.39 is 22.4 Å². The first kappa shape index (κ1) is 22.6. The minimum Gasteiger partial charge on any atom is -0.379 e. The Bertz CT molecular complexity index is 887. The molecule has 2 aliphatic heterocycles. The zero-order valence-electron chi connectivity index (χ0n) is 17.8. The number of hydrogen-bond donors (Lipinski definition) is 1. The number of fused-ring (bicyclic) bond motifs is 1. The van der Waals surface area contributed by atoms with Gasteiger partial charge in [-0.15, -0.1) is 0 Å². The number of sulfonamides is 1. The Morgan fingerprint density at radius 3 is 2.52 bits per heavy atom. The van der Waals surface area contributed by atoms with Crippen LogP contribution in [0, 0.1) is 0 Å². The Labute approximate surface area is 181 Å². The molecular formula is C19H30F2N6O3S. The number of nitrogens with one attached hydrogen (secondary N) is 1. The van der Waals surface area contributed by atoms with Crippen molar-refractivity contribution in [3.05, 3.63) is 11.3 Å². The van der Waals surface area contributed by atoms with Crippen LogP contribution in [0.3, 0.4) is 0 Å². The van der Waals surface area contributed by atoms with Gasteiger partial charge >= 0.3 is 0 Å². The fourth-order valence-corrected chi connectivity index (χ4v) is 5.43. The maximum atomic E-state index is 14.1. The van der Waals surface area contributed by atoms with Crippen molar-refractivity contribution in [2.24, 2.45) is 0 Å². The van der Waals surface area contributed by atoms with Crippen LogP contribution < -0.4 is 10.2 Å². The van der Waals surface area contributed by atoms with Gasteiger partial charge in [-0.05, 0) is 13.5 Å². The number of nitrogens with zero attached hydrogens (tertiary/aromatic N) is 5. The van der Waals surface area contributed by atoms with E-state index in [0.29, 0.717) is 49.3 Å². The number of morpholine rings is 1. The molecular weight excluding hydrogens is 430 g/mol. The summed E-state index contributed by atoms with van der Waals surface area (Å²) in [5.41, 5.74) is 1.03.